The average Bonchev–Trinajstić information content (AvgIpc) is 2.91. The zero-order chi connectivity index (χ0) is 18.4. The zero-order valence-corrected chi connectivity index (χ0v) is 16.2. The highest BCUT2D eigenvalue weighted by Crippen LogP contribution is 2.52. The fourth-order valence-corrected chi connectivity index (χ4v) is 6.20. The molecule has 1 aliphatic carbocycles. The third-order valence-electron chi connectivity index (χ3n) is 6.60. The van der Waals surface area contributed by atoms with Crippen LogP contribution in [0.4, 0.5) is 0 Å². The van der Waals surface area contributed by atoms with E-state index in [9.17, 15) is 13.5 Å². The van der Waals surface area contributed by atoms with Gasteiger partial charge in [-0.25, -0.2) is 8.42 Å². The van der Waals surface area contributed by atoms with E-state index < -0.39 is 16.1 Å². The fraction of sp³-hybridized carbons (Fsp3) is 0.684. The van der Waals surface area contributed by atoms with Crippen LogP contribution in [0.25, 0.3) is 0 Å². The van der Waals surface area contributed by atoms with E-state index in [0.717, 1.165) is 25.9 Å². The van der Waals surface area contributed by atoms with Gasteiger partial charge in [0.05, 0.1) is 17.9 Å². The summed E-state index contributed by atoms with van der Waals surface area (Å²) in [6.45, 7) is 5.92. The van der Waals surface area contributed by atoms with E-state index in [1.807, 2.05) is 0 Å². The molecule has 1 aromatic rings. The Hall–Kier alpha value is -0.990. The van der Waals surface area contributed by atoms with Crippen molar-refractivity contribution in [3.63, 3.8) is 0 Å². The van der Waals surface area contributed by atoms with Gasteiger partial charge >= 0.3 is 0 Å². The van der Waals surface area contributed by atoms with Crippen LogP contribution in [-0.4, -0.2) is 73.9 Å². The molecule has 0 bridgehead atoms. The van der Waals surface area contributed by atoms with Gasteiger partial charge in [0.15, 0.2) is 0 Å². The number of nitrogens with one attached hydrogen (secondary N) is 1. The number of nitrogens with zero attached hydrogens (tertiary/aromatic N) is 2. The molecule has 1 spiro atoms. The summed E-state index contributed by atoms with van der Waals surface area (Å²) in [5.41, 5.74) is 2.36. The number of aliphatic hydroxyl groups excluding tert-OH is 1. The minimum Gasteiger partial charge on any atom is -0.390 e. The summed E-state index contributed by atoms with van der Waals surface area (Å²) >= 11 is 0. The minimum atomic E-state index is -3.13. The van der Waals surface area contributed by atoms with Crippen molar-refractivity contribution in [1.82, 2.24) is 14.5 Å². The first-order chi connectivity index (χ1) is 12.5. The number of aliphatic hydroxyl groups is 1. The third kappa shape index (κ3) is 2.81. The Morgan fingerprint density at radius 1 is 1.15 bits per heavy atom. The van der Waals surface area contributed by atoms with Crippen LogP contribution in [0.3, 0.4) is 0 Å². The highest BCUT2D eigenvalue weighted by atomic mass is 32.2. The number of benzene rings is 1. The molecular formula is C19H29N3O3S. The van der Waals surface area contributed by atoms with Gasteiger partial charge in [-0.15, -0.1) is 0 Å². The molecule has 0 saturated carbocycles. The Balaban J connectivity index is 1.60. The SMILES string of the molecule is CCS(=O)(=O)N1CCN([C@@H]2c3ccccc3C3(CCNCC3)[C@H]2O)CC1. The number of hydrogen-bond donors (Lipinski definition) is 2. The topological polar surface area (TPSA) is 72.9 Å². The van der Waals surface area contributed by atoms with Crippen LogP contribution in [-0.2, 0) is 15.4 Å². The van der Waals surface area contributed by atoms with E-state index >= 15 is 0 Å². The molecule has 2 heterocycles. The first kappa shape index (κ1) is 18.4. The Bertz CT molecular complexity index is 753. The molecule has 2 N–H and O–H groups in total. The summed E-state index contributed by atoms with van der Waals surface area (Å²) in [7, 11) is -3.13. The van der Waals surface area contributed by atoms with E-state index in [1.165, 1.54) is 11.1 Å². The lowest BCUT2D eigenvalue weighted by Crippen LogP contribution is -2.53. The van der Waals surface area contributed by atoms with Crippen molar-refractivity contribution in [2.24, 2.45) is 0 Å². The third-order valence-corrected chi connectivity index (χ3v) is 8.48. The Labute approximate surface area is 156 Å². The van der Waals surface area contributed by atoms with Crippen LogP contribution >= 0.6 is 0 Å². The normalized spacial score (nSPS) is 29.8. The lowest BCUT2D eigenvalue weighted by Gasteiger charge is -2.43. The lowest BCUT2D eigenvalue weighted by molar-refractivity contribution is -0.0110. The molecule has 2 saturated heterocycles. The highest BCUT2D eigenvalue weighted by Gasteiger charge is 2.53. The summed E-state index contributed by atoms with van der Waals surface area (Å²) in [6.07, 6.45) is 1.47. The number of rotatable bonds is 3. The molecule has 144 valence electrons. The summed E-state index contributed by atoms with van der Waals surface area (Å²) in [5, 5.41) is 14.8. The van der Waals surface area contributed by atoms with E-state index in [2.05, 4.69) is 34.5 Å². The molecule has 6 nitrogen and oxygen atoms in total. The molecule has 2 fully saturated rings. The smallest absolute Gasteiger partial charge is 0.213 e. The van der Waals surface area contributed by atoms with Gasteiger partial charge in [-0.1, -0.05) is 24.3 Å². The first-order valence-electron chi connectivity index (χ1n) is 9.70. The van der Waals surface area contributed by atoms with Crippen molar-refractivity contribution in [3.05, 3.63) is 35.4 Å². The van der Waals surface area contributed by atoms with E-state index in [4.69, 9.17) is 0 Å². The number of fused-ring (bicyclic) bond motifs is 2. The summed E-state index contributed by atoms with van der Waals surface area (Å²) < 4.78 is 25.9. The molecule has 4 rings (SSSR count). The Morgan fingerprint density at radius 2 is 1.81 bits per heavy atom. The molecule has 0 radical (unpaired) electrons. The number of piperazine rings is 1. The second-order valence-electron chi connectivity index (χ2n) is 7.72. The van der Waals surface area contributed by atoms with E-state index in [0.29, 0.717) is 26.2 Å². The Morgan fingerprint density at radius 3 is 2.46 bits per heavy atom. The van der Waals surface area contributed by atoms with Crippen LogP contribution in [0.2, 0.25) is 0 Å². The molecule has 26 heavy (non-hydrogen) atoms. The molecule has 1 aromatic carbocycles. The van der Waals surface area contributed by atoms with E-state index in [1.54, 1.807) is 11.2 Å². The monoisotopic (exact) mass is 379 g/mol. The summed E-state index contributed by atoms with van der Waals surface area (Å²) in [5.74, 6) is 0.151. The van der Waals surface area contributed by atoms with Crippen molar-refractivity contribution in [2.45, 2.75) is 37.3 Å². The number of sulfonamides is 1. The van der Waals surface area contributed by atoms with Gasteiger partial charge in [0.2, 0.25) is 10.0 Å². The summed E-state index contributed by atoms with van der Waals surface area (Å²) in [6, 6.07) is 8.42. The Kier molecular flexibility index (Phi) is 4.86. The largest absolute Gasteiger partial charge is 0.390 e. The molecule has 2 aliphatic heterocycles. The maximum Gasteiger partial charge on any atom is 0.213 e. The molecule has 3 aliphatic rings. The maximum atomic E-state index is 12.1. The van der Waals surface area contributed by atoms with Crippen molar-refractivity contribution in [3.8, 4) is 0 Å². The second-order valence-corrected chi connectivity index (χ2v) is 9.98. The minimum absolute atomic E-state index is 0.0317. The van der Waals surface area contributed by atoms with Gasteiger partial charge < -0.3 is 10.4 Å². The van der Waals surface area contributed by atoms with Crippen molar-refractivity contribution < 1.29 is 13.5 Å². The quantitative estimate of drug-likeness (QED) is 0.809. The number of hydrogen-bond acceptors (Lipinski definition) is 5. The van der Waals surface area contributed by atoms with Crippen LogP contribution in [0.1, 0.15) is 36.9 Å². The molecule has 0 amide bonds. The molecule has 7 heteroatoms. The predicted molar refractivity (Wildman–Crippen MR) is 102 cm³/mol. The number of piperidine rings is 1. The standard InChI is InChI=1S/C19H29N3O3S/c1-2-26(24,25)22-13-11-21(12-14-22)17-15-5-3-4-6-16(15)19(18(17)23)7-9-20-10-8-19/h3-6,17-18,20,23H,2,7-14H2,1H3/t17-,18+/m1/s1. The maximum absolute atomic E-state index is 12.1. The molecular weight excluding hydrogens is 350 g/mol. The second kappa shape index (κ2) is 6.87. The zero-order valence-electron chi connectivity index (χ0n) is 15.4. The van der Waals surface area contributed by atoms with Gasteiger partial charge in [0.1, 0.15) is 0 Å². The van der Waals surface area contributed by atoms with Gasteiger partial charge in [0.25, 0.3) is 0 Å². The summed E-state index contributed by atoms with van der Waals surface area (Å²) in [4.78, 5) is 2.29. The van der Waals surface area contributed by atoms with Crippen molar-refractivity contribution in [1.29, 1.82) is 0 Å². The van der Waals surface area contributed by atoms with Crippen molar-refractivity contribution in [2.75, 3.05) is 45.0 Å². The molecule has 2 atom stereocenters. The highest BCUT2D eigenvalue weighted by molar-refractivity contribution is 7.89. The van der Waals surface area contributed by atoms with Crippen LogP contribution in [0, 0.1) is 0 Å². The predicted octanol–water partition coefficient (Wildman–Crippen LogP) is 0.691. The fourth-order valence-electron chi connectivity index (χ4n) is 5.12. The molecule has 0 aromatic heterocycles. The van der Waals surface area contributed by atoms with E-state index in [-0.39, 0.29) is 17.2 Å². The van der Waals surface area contributed by atoms with Gasteiger partial charge in [0, 0.05) is 31.6 Å². The van der Waals surface area contributed by atoms with Crippen LogP contribution < -0.4 is 5.32 Å². The van der Waals surface area contributed by atoms with Crippen LogP contribution in [0.15, 0.2) is 24.3 Å². The first-order valence-corrected chi connectivity index (χ1v) is 11.3. The van der Waals surface area contributed by atoms with Gasteiger partial charge in [-0.3, -0.25) is 4.90 Å². The lowest BCUT2D eigenvalue weighted by atomic mass is 9.72. The van der Waals surface area contributed by atoms with Gasteiger partial charge in [-0.2, -0.15) is 4.31 Å². The van der Waals surface area contributed by atoms with Crippen LogP contribution in [0.5, 0.6) is 0 Å². The average molecular weight is 380 g/mol. The van der Waals surface area contributed by atoms with Gasteiger partial charge in [-0.05, 0) is 44.0 Å². The molecule has 0 unspecified atom stereocenters. The van der Waals surface area contributed by atoms with Crippen molar-refractivity contribution >= 4 is 10.0 Å².